The molecule has 0 fully saturated rings. The highest BCUT2D eigenvalue weighted by molar-refractivity contribution is 4.85. The second-order valence-electron chi connectivity index (χ2n) is 7.94. The van der Waals surface area contributed by atoms with Crippen LogP contribution in [0.2, 0.25) is 0 Å². The SMILES string of the molecule is CCN(CC(C)(CC)CNC(C)(C)C)C(C)CN(C)C. The zero-order valence-corrected chi connectivity index (χ0v) is 15.5. The maximum absolute atomic E-state index is 3.69. The molecule has 0 aromatic carbocycles. The molecule has 0 spiro atoms. The van der Waals surface area contributed by atoms with Gasteiger partial charge in [0.15, 0.2) is 0 Å². The van der Waals surface area contributed by atoms with Crippen LogP contribution in [0.25, 0.3) is 0 Å². The molecule has 3 heteroatoms. The van der Waals surface area contributed by atoms with Crippen LogP contribution in [-0.2, 0) is 0 Å². The summed E-state index contributed by atoms with van der Waals surface area (Å²) in [6, 6.07) is 0.607. The third-order valence-electron chi connectivity index (χ3n) is 4.14. The Bertz CT molecular complexity index is 257. The average molecular weight is 286 g/mol. The topological polar surface area (TPSA) is 18.5 Å². The predicted octanol–water partition coefficient (Wildman–Crippen LogP) is 3.06. The van der Waals surface area contributed by atoms with E-state index in [9.17, 15) is 0 Å². The highest BCUT2D eigenvalue weighted by atomic mass is 15.2. The number of hydrogen-bond acceptors (Lipinski definition) is 3. The van der Waals surface area contributed by atoms with Crippen LogP contribution in [0, 0.1) is 5.41 Å². The summed E-state index contributed by atoms with van der Waals surface area (Å²) in [5.41, 5.74) is 0.534. The Morgan fingerprint density at radius 1 is 1.05 bits per heavy atom. The molecule has 0 aliphatic carbocycles. The fourth-order valence-corrected chi connectivity index (χ4v) is 2.48. The number of rotatable bonds is 9. The van der Waals surface area contributed by atoms with Crippen molar-refractivity contribution in [3.8, 4) is 0 Å². The molecule has 2 unspecified atom stereocenters. The third-order valence-corrected chi connectivity index (χ3v) is 4.14. The Balaban J connectivity index is 4.63. The number of nitrogens with zero attached hydrogens (tertiary/aromatic N) is 2. The Hall–Kier alpha value is -0.120. The molecule has 3 nitrogen and oxygen atoms in total. The van der Waals surface area contributed by atoms with Crippen LogP contribution in [0.15, 0.2) is 0 Å². The first-order valence-corrected chi connectivity index (χ1v) is 8.17. The van der Waals surface area contributed by atoms with E-state index in [4.69, 9.17) is 0 Å². The Labute approximate surface area is 128 Å². The van der Waals surface area contributed by atoms with Crippen LogP contribution in [0.1, 0.15) is 54.9 Å². The van der Waals surface area contributed by atoms with Gasteiger partial charge in [-0.05, 0) is 60.2 Å². The lowest BCUT2D eigenvalue weighted by Crippen LogP contribution is -2.50. The van der Waals surface area contributed by atoms with Gasteiger partial charge in [0.2, 0.25) is 0 Å². The Morgan fingerprint density at radius 2 is 1.60 bits per heavy atom. The number of hydrogen-bond donors (Lipinski definition) is 1. The standard InChI is InChI=1S/C17H39N3/c1-10-17(7,13-18-16(4,5)6)14-20(11-2)15(3)12-19(8)9/h15,18H,10-14H2,1-9H3. The molecule has 0 saturated heterocycles. The van der Waals surface area contributed by atoms with Crippen LogP contribution in [0.5, 0.6) is 0 Å². The van der Waals surface area contributed by atoms with Crippen molar-refractivity contribution in [3.05, 3.63) is 0 Å². The molecular weight excluding hydrogens is 246 g/mol. The lowest BCUT2D eigenvalue weighted by Gasteiger charge is -2.40. The van der Waals surface area contributed by atoms with Gasteiger partial charge in [-0.1, -0.05) is 20.8 Å². The van der Waals surface area contributed by atoms with Gasteiger partial charge in [0, 0.05) is 31.2 Å². The first-order chi connectivity index (χ1) is 9.03. The lowest BCUT2D eigenvalue weighted by molar-refractivity contribution is 0.105. The summed E-state index contributed by atoms with van der Waals surface area (Å²) in [6.45, 7) is 20.6. The van der Waals surface area contributed by atoms with Crippen LogP contribution < -0.4 is 5.32 Å². The molecule has 2 atom stereocenters. The first-order valence-electron chi connectivity index (χ1n) is 8.17. The summed E-state index contributed by atoms with van der Waals surface area (Å²) in [4.78, 5) is 4.90. The van der Waals surface area contributed by atoms with Crippen molar-refractivity contribution in [2.24, 2.45) is 5.41 Å². The fourth-order valence-electron chi connectivity index (χ4n) is 2.48. The summed E-state index contributed by atoms with van der Waals surface area (Å²) in [5.74, 6) is 0. The number of likely N-dealkylation sites (N-methyl/N-ethyl adjacent to an activating group) is 2. The van der Waals surface area contributed by atoms with Crippen LogP contribution in [0.4, 0.5) is 0 Å². The van der Waals surface area contributed by atoms with Crippen molar-refractivity contribution < 1.29 is 0 Å². The molecule has 0 saturated carbocycles. The van der Waals surface area contributed by atoms with E-state index in [0.29, 0.717) is 11.5 Å². The van der Waals surface area contributed by atoms with Crippen molar-refractivity contribution in [2.45, 2.75) is 66.5 Å². The fraction of sp³-hybridized carbons (Fsp3) is 1.00. The Morgan fingerprint density at radius 3 is 1.95 bits per heavy atom. The molecule has 0 amide bonds. The van der Waals surface area contributed by atoms with Crippen molar-refractivity contribution >= 4 is 0 Å². The van der Waals surface area contributed by atoms with E-state index in [-0.39, 0.29) is 5.54 Å². The highest BCUT2D eigenvalue weighted by Gasteiger charge is 2.28. The molecule has 0 rings (SSSR count). The monoisotopic (exact) mass is 285 g/mol. The van der Waals surface area contributed by atoms with Gasteiger partial charge in [-0.15, -0.1) is 0 Å². The molecule has 0 radical (unpaired) electrons. The van der Waals surface area contributed by atoms with E-state index in [2.05, 4.69) is 77.7 Å². The van der Waals surface area contributed by atoms with Gasteiger partial charge < -0.3 is 10.2 Å². The quantitative estimate of drug-likeness (QED) is 0.702. The largest absolute Gasteiger partial charge is 0.311 e. The second kappa shape index (κ2) is 8.35. The van der Waals surface area contributed by atoms with Gasteiger partial charge >= 0.3 is 0 Å². The van der Waals surface area contributed by atoms with Crippen LogP contribution in [0.3, 0.4) is 0 Å². The molecule has 122 valence electrons. The van der Waals surface area contributed by atoms with Gasteiger partial charge in [0.05, 0.1) is 0 Å². The zero-order chi connectivity index (χ0) is 16.0. The summed E-state index contributed by atoms with van der Waals surface area (Å²) in [7, 11) is 4.31. The molecule has 0 aliphatic rings. The molecule has 0 aromatic heterocycles. The van der Waals surface area contributed by atoms with Gasteiger partial charge in [-0.3, -0.25) is 4.90 Å². The smallest absolute Gasteiger partial charge is 0.0194 e. The molecule has 0 bridgehead atoms. The predicted molar refractivity (Wildman–Crippen MR) is 91.4 cm³/mol. The zero-order valence-electron chi connectivity index (χ0n) is 15.5. The second-order valence-corrected chi connectivity index (χ2v) is 7.94. The molecule has 0 aliphatic heterocycles. The van der Waals surface area contributed by atoms with E-state index in [1.54, 1.807) is 0 Å². The normalized spacial score (nSPS) is 17.6. The molecule has 20 heavy (non-hydrogen) atoms. The van der Waals surface area contributed by atoms with Crippen molar-refractivity contribution in [2.75, 3.05) is 40.3 Å². The lowest BCUT2D eigenvalue weighted by atomic mass is 9.85. The summed E-state index contributed by atoms with van der Waals surface area (Å²) in [5, 5.41) is 3.69. The summed E-state index contributed by atoms with van der Waals surface area (Å²) in [6.07, 6.45) is 1.21. The van der Waals surface area contributed by atoms with E-state index in [1.807, 2.05) is 0 Å². The molecular formula is C17H39N3. The van der Waals surface area contributed by atoms with Crippen molar-refractivity contribution in [3.63, 3.8) is 0 Å². The highest BCUT2D eigenvalue weighted by Crippen LogP contribution is 2.24. The van der Waals surface area contributed by atoms with Gasteiger partial charge in [0.1, 0.15) is 0 Å². The molecule has 0 aromatic rings. The third kappa shape index (κ3) is 8.23. The minimum atomic E-state index is 0.197. The minimum Gasteiger partial charge on any atom is -0.311 e. The molecule has 0 heterocycles. The Kier molecular flexibility index (Phi) is 8.30. The van der Waals surface area contributed by atoms with E-state index in [0.717, 1.165) is 26.2 Å². The van der Waals surface area contributed by atoms with Gasteiger partial charge in [-0.2, -0.15) is 0 Å². The summed E-state index contributed by atoms with van der Waals surface area (Å²) >= 11 is 0. The maximum Gasteiger partial charge on any atom is 0.0194 e. The van der Waals surface area contributed by atoms with Gasteiger partial charge in [0.25, 0.3) is 0 Å². The first kappa shape index (κ1) is 19.9. The minimum absolute atomic E-state index is 0.197. The van der Waals surface area contributed by atoms with E-state index < -0.39 is 0 Å². The maximum atomic E-state index is 3.69. The van der Waals surface area contributed by atoms with Crippen molar-refractivity contribution in [1.82, 2.24) is 15.1 Å². The van der Waals surface area contributed by atoms with E-state index >= 15 is 0 Å². The van der Waals surface area contributed by atoms with Crippen LogP contribution >= 0.6 is 0 Å². The van der Waals surface area contributed by atoms with Gasteiger partial charge in [-0.25, -0.2) is 0 Å². The van der Waals surface area contributed by atoms with Crippen molar-refractivity contribution in [1.29, 1.82) is 0 Å². The molecule has 1 N–H and O–H groups in total. The number of nitrogens with one attached hydrogen (secondary N) is 1. The van der Waals surface area contributed by atoms with Crippen LogP contribution in [-0.4, -0.2) is 61.7 Å². The van der Waals surface area contributed by atoms with E-state index in [1.165, 1.54) is 6.42 Å². The average Bonchev–Trinajstić information content (AvgIpc) is 2.32. The summed E-state index contributed by atoms with van der Waals surface area (Å²) < 4.78 is 0.